The number of aromatic hydroxyl groups is 4. The predicted molar refractivity (Wildman–Crippen MR) is 309 cm³/mol. The first-order valence-corrected chi connectivity index (χ1v) is 32.3. The molecule has 12 nitrogen and oxygen atoms in total. The number of aliphatic carboxylic acids is 4. The number of phenols is 4. The normalized spacial score (nSPS) is 41.9. The van der Waals surface area contributed by atoms with Gasteiger partial charge in [0, 0.05) is 25.7 Å². The maximum absolute atomic E-state index is 13.4. The van der Waals surface area contributed by atoms with Crippen molar-refractivity contribution in [1.82, 2.24) is 0 Å². The molecule has 24 bridgehead atoms. The molecule has 0 aliphatic heterocycles. The van der Waals surface area contributed by atoms with Crippen molar-refractivity contribution < 1.29 is 60.0 Å². The Kier molecular flexibility index (Phi) is 10.5. The highest BCUT2D eigenvalue weighted by molar-refractivity contribution is 5.78. The van der Waals surface area contributed by atoms with E-state index in [1.54, 1.807) is 0 Å². The van der Waals surface area contributed by atoms with Gasteiger partial charge in [-0.15, -0.1) is 0 Å². The third-order valence-corrected chi connectivity index (χ3v) is 27.1. The lowest BCUT2D eigenvalue weighted by atomic mass is 9.42. The van der Waals surface area contributed by atoms with E-state index in [1.165, 1.54) is 0 Å². The summed E-state index contributed by atoms with van der Waals surface area (Å²) in [5.41, 5.74) is 3.34. The van der Waals surface area contributed by atoms with E-state index in [-0.39, 0.29) is 96.0 Å². The lowest BCUT2D eigenvalue weighted by Crippen LogP contribution is -2.56. The molecule has 0 heterocycles. The number of rotatable bonds is 8. The molecule has 0 amide bonds. The molecule has 84 heavy (non-hydrogen) atoms. The average molecular weight is 1140 g/mol. The van der Waals surface area contributed by atoms with Crippen molar-refractivity contribution in [2.45, 2.75) is 201 Å². The van der Waals surface area contributed by atoms with Crippen molar-refractivity contribution in [3.05, 3.63) is 115 Å². The third-order valence-electron chi connectivity index (χ3n) is 27.1. The summed E-state index contributed by atoms with van der Waals surface area (Å²) in [6.45, 7) is 0. The summed E-state index contributed by atoms with van der Waals surface area (Å²) in [5, 5.41) is 96.5. The number of carboxylic acid groups (broad SMARTS) is 4. The Hall–Kier alpha value is -6.04. The Morgan fingerprint density at radius 2 is 0.429 bits per heavy atom. The Bertz CT molecular complexity index is 3020. The maximum Gasteiger partial charge on any atom is 0.309 e. The van der Waals surface area contributed by atoms with Crippen LogP contribution in [0.3, 0.4) is 0 Å². The summed E-state index contributed by atoms with van der Waals surface area (Å²) >= 11 is 0. The molecule has 0 radical (unpaired) electrons. The lowest BCUT2D eigenvalue weighted by molar-refractivity contribution is -0.167. The van der Waals surface area contributed by atoms with Crippen molar-refractivity contribution in [2.75, 3.05) is 0 Å². The number of fused-ring (bicyclic) bond motifs is 8. The van der Waals surface area contributed by atoms with Crippen molar-refractivity contribution in [3.8, 4) is 23.0 Å². The first kappa shape index (κ1) is 52.3. The summed E-state index contributed by atoms with van der Waals surface area (Å²) in [6.07, 6.45) is 18.5. The van der Waals surface area contributed by atoms with Gasteiger partial charge < -0.3 is 40.9 Å². The molecule has 21 rings (SSSR count). The molecular formula is C72H80O12. The van der Waals surface area contributed by atoms with Crippen LogP contribution in [0.4, 0.5) is 0 Å². The smallest absolute Gasteiger partial charge is 0.309 e. The quantitative estimate of drug-likeness (QED) is 0.0726. The van der Waals surface area contributed by atoms with Gasteiger partial charge in [0.2, 0.25) is 0 Å². The average Bonchev–Trinajstić information content (AvgIpc) is 1.27. The minimum Gasteiger partial charge on any atom is -0.507 e. The van der Waals surface area contributed by atoms with Gasteiger partial charge in [-0.05, 0) is 290 Å². The fraction of sp³-hybridized carbons (Fsp3) is 0.611. The van der Waals surface area contributed by atoms with Crippen molar-refractivity contribution >= 4 is 23.9 Å². The largest absolute Gasteiger partial charge is 0.507 e. The molecule has 12 heteroatoms. The van der Waals surface area contributed by atoms with Gasteiger partial charge in [-0.25, -0.2) is 0 Å². The zero-order valence-corrected chi connectivity index (χ0v) is 48.2. The Morgan fingerprint density at radius 3 is 0.571 bits per heavy atom. The van der Waals surface area contributed by atoms with E-state index in [4.69, 9.17) is 0 Å². The lowest BCUT2D eigenvalue weighted by Gasteiger charge is -2.61. The van der Waals surface area contributed by atoms with E-state index < -0.39 is 67.2 Å². The summed E-state index contributed by atoms with van der Waals surface area (Å²) in [7, 11) is 0. The van der Waals surface area contributed by atoms with Gasteiger partial charge in [0.05, 0.1) is 21.7 Å². The molecule has 4 aromatic carbocycles. The minimum absolute atomic E-state index is 0.0442. The van der Waals surface area contributed by atoms with Crippen LogP contribution in [0.15, 0.2) is 48.5 Å². The van der Waals surface area contributed by atoms with E-state index in [0.717, 1.165) is 99.3 Å². The molecule has 0 spiro atoms. The van der Waals surface area contributed by atoms with Gasteiger partial charge >= 0.3 is 23.9 Å². The zero-order valence-electron chi connectivity index (χ0n) is 48.2. The van der Waals surface area contributed by atoms with Crippen LogP contribution in [-0.2, 0) is 66.5 Å². The van der Waals surface area contributed by atoms with E-state index in [1.807, 2.05) is 0 Å². The molecule has 16 atom stereocenters. The van der Waals surface area contributed by atoms with Crippen molar-refractivity contribution in [3.63, 3.8) is 0 Å². The summed E-state index contributed by atoms with van der Waals surface area (Å²) < 4.78 is 0. The molecule has 17 aliphatic carbocycles. The molecule has 17 aliphatic rings. The molecule has 4 aromatic rings. The minimum atomic E-state index is -0.843. The Labute approximate surface area is 490 Å². The van der Waals surface area contributed by atoms with Gasteiger partial charge in [-0.3, -0.25) is 19.2 Å². The van der Waals surface area contributed by atoms with Gasteiger partial charge in [0.25, 0.3) is 0 Å². The maximum atomic E-state index is 13.4. The highest BCUT2D eigenvalue weighted by Crippen LogP contribution is 2.71. The molecular weight excluding hydrogens is 1060 g/mol. The highest BCUT2D eigenvalue weighted by Gasteiger charge is 2.65. The molecule has 16 fully saturated rings. The predicted octanol–water partition coefficient (Wildman–Crippen LogP) is 12.9. The van der Waals surface area contributed by atoms with Crippen LogP contribution in [0.2, 0.25) is 0 Å². The van der Waals surface area contributed by atoms with E-state index in [9.17, 15) is 60.0 Å². The Balaban J connectivity index is 0.890. The van der Waals surface area contributed by atoms with Crippen LogP contribution < -0.4 is 0 Å². The molecule has 8 unspecified atom stereocenters. The van der Waals surface area contributed by atoms with Crippen LogP contribution in [0.1, 0.15) is 221 Å². The molecule has 0 saturated heterocycles. The van der Waals surface area contributed by atoms with Gasteiger partial charge in [0.15, 0.2) is 0 Å². The molecule has 8 N–H and O–H groups in total. The first-order valence-electron chi connectivity index (χ1n) is 32.3. The number of hydrogen-bond acceptors (Lipinski definition) is 8. The van der Waals surface area contributed by atoms with Crippen LogP contribution in [0.5, 0.6) is 23.0 Å². The first-order chi connectivity index (χ1) is 40.0. The SMILES string of the molecule is O=C(O)C12C[C@H]3C[C@@H](C1)CC(c1cc4c(O)c(c1)Cc1cc(C56C[C@@H]7C[C@@H](CC(C(=O)O)(C7)C5)C6)cc(c1O)Cc1cc(C56C[C@@H]7C[C@@H](CC(C(=O)O)(C7)C5)C6)cc(c1O)Cc1cc(C56C[C@@H]7C[C@@H](CC(C(=O)O)(C7)C5)C6)cc(c1O)C4)(C3)C2. The van der Waals surface area contributed by atoms with Crippen LogP contribution >= 0.6 is 0 Å². The number of benzene rings is 4. The third kappa shape index (κ3) is 7.29. The number of hydrogen-bond donors (Lipinski definition) is 8. The molecule has 0 aromatic heterocycles. The highest BCUT2D eigenvalue weighted by atomic mass is 16.4. The Morgan fingerprint density at radius 1 is 0.274 bits per heavy atom. The summed E-state index contributed by atoms with van der Waals surface area (Å²) in [4.78, 5) is 53.8. The second-order valence-corrected chi connectivity index (χ2v) is 32.6. The van der Waals surface area contributed by atoms with Crippen LogP contribution in [0.25, 0.3) is 0 Å². The monoisotopic (exact) mass is 1140 g/mol. The zero-order chi connectivity index (χ0) is 57.6. The fourth-order valence-electron chi connectivity index (χ4n) is 25.6. The van der Waals surface area contributed by atoms with E-state index in [2.05, 4.69) is 48.5 Å². The number of carbonyl (C=O) groups is 4. The fourth-order valence-corrected chi connectivity index (χ4v) is 25.6. The van der Waals surface area contributed by atoms with Crippen LogP contribution in [-0.4, -0.2) is 64.7 Å². The van der Waals surface area contributed by atoms with Gasteiger partial charge in [0.1, 0.15) is 23.0 Å². The topological polar surface area (TPSA) is 230 Å². The van der Waals surface area contributed by atoms with Crippen LogP contribution in [0, 0.1) is 69.0 Å². The second kappa shape index (κ2) is 16.9. The van der Waals surface area contributed by atoms with E-state index in [0.29, 0.717) is 122 Å². The van der Waals surface area contributed by atoms with Gasteiger partial charge in [-0.2, -0.15) is 0 Å². The standard InChI is InChI=1S/C72H80O12/c73-57-45-5-47-11-54(66-19-39-2-40(20-66)28-70(27-39,34-66)62(79)80)13-49(58(47)74)7-51-15-56(68-23-43-4-44(24-68)32-72(31-43,36-68)64(83)84)16-52(60(51)76)8-50-14-55(67-21-41-3-42(22-67)30-71(29-41,35-67)63(81)82)12-48(59(50)75)6-46(57)10-53(9-45)65-17-37-1-38(18-65)26-69(25-37,33-65)61(77)78/h9-16,37-44,73-76H,1-8,17-36H2,(H,77,78)(H,79,80)(H,81,82)(H,83,84)/t37-,38+,39-,40+,41-,42+,43-,44+,65?,66?,67?,68?,69?,70?,71?,72?. The second-order valence-electron chi connectivity index (χ2n) is 32.6. The summed E-state index contributed by atoms with van der Waals surface area (Å²) in [5.74, 6) is -0.777. The summed E-state index contributed by atoms with van der Waals surface area (Å²) in [6, 6.07) is 16.7. The number of carboxylic acids is 4. The number of phenolic OH excluding ortho intramolecular Hbond substituents is 4. The molecule has 440 valence electrons. The molecule has 16 saturated carbocycles. The van der Waals surface area contributed by atoms with Crippen molar-refractivity contribution in [1.29, 1.82) is 0 Å². The van der Waals surface area contributed by atoms with Gasteiger partial charge in [-0.1, -0.05) is 48.5 Å². The van der Waals surface area contributed by atoms with Crippen molar-refractivity contribution in [2.24, 2.45) is 69.0 Å². The van der Waals surface area contributed by atoms with E-state index >= 15 is 0 Å².